The number of fused-ring (bicyclic) bond motifs is 21. The van der Waals surface area contributed by atoms with E-state index in [-0.39, 0.29) is 96.4 Å². The number of carbonyl (C=O) groups is 11. The fourth-order valence-electron chi connectivity index (χ4n) is 13.9. The topological polar surface area (TPSA) is 372 Å². The Bertz CT molecular complexity index is 3890. The highest BCUT2D eigenvalue weighted by Crippen LogP contribution is 2.32. The second-order valence-electron chi connectivity index (χ2n) is 27.4. The first kappa shape index (κ1) is 77.4. The molecule has 11 N–H and O–H groups in total. The third-order valence-corrected chi connectivity index (χ3v) is 19.9. The number of carboxylic acid groups (broad SMARTS) is 1. The van der Waals surface area contributed by atoms with Crippen molar-refractivity contribution in [1.82, 2.24) is 56.5 Å². The number of aliphatic carboxylic acids is 1. The molecule has 5 aliphatic heterocycles. The van der Waals surface area contributed by atoms with Gasteiger partial charge in [-0.15, -0.1) is 0 Å². The number of carboxylic acids is 1. The lowest BCUT2D eigenvalue weighted by molar-refractivity contribution is -0.148. The molecule has 0 unspecified atom stereocenters. The molecule has 5 aromatic rings. The van der Waals surface area contributed by atoms with Crippen LogP contribution in [0.25, 0.3) is 10.9 Å². The van der Waals surface area contributed by atoms with Gasteiger partial charge >= 0.3 is 5.97 Å². The van der Waals surface area contributed by atoms with Gasteiger partial charge in [-0.25, -0.2) is 4.39 Å². The third-order valence-electron chi connectivity index (χ3n) is 19.9. The van der Waals surface area contributed by atoms with Crippen LogP contribution in [-0.4, -0.2) is 194 Å². The molecule has 10 atom stereocenters. The Kier molecular flexibility index (Phi) is 26.9. The van der Waals surface area contributed by atoms with Gasteiger partial charge in [-0.05, 0) is 129 Å². The first-order chi connectivity index (χ1) is 49.4. The number of aliphatic hydroxyl groups excluding tert-OH is 1. The molecule has 5 aliphatic rings. The average molecular weight is 1430 g/mol. The minimum Gasteiger partial charge on any atom is -0.497 e. The van der Waals surface area contributed by atoms with Gasteiger partial charge in [-0.2, -0.15) is 0 Å². The van der Waals surface area contributed by atoms with Gasteiger partial charge in [0.1, 0.15) is 60.0 Å². The molecule has 0 spiro atoms. The van der Waals surface area contributed by atoms with E-state index in [0.717, 1.165) is 16.0 Å². The molecule has 10 bridgehead atoms. The Morgan fingerprint density at radius 2 is 1.50 bits per heavy atom. The number of nitrogens with two attached hydrogens (primary N) is 1. The molecule has 27 nitrogen and oxygen atoms in total. The molecule has 10 rings (SSSR count). The number of hydrogen-bond acceptors (Lipinski definition) is 15. The number of nitrogens with one attached hydrogen (secondary N) is 7. The number of hydrogen-bond donors (Lipinski definition) is 10. The van der Waals surface area contributed by atoms with Gasteiger partial charge < -0.3 is 81.9 Å². The summed E-state index contributed by atoms with van der Waals surface area (Å²) in [6.45, 7) is 6.64. The van der Waals surface area contributed by atoms with Crippen molar-refractivity contribution in [2.75, 3.05) is 39.9 Å². The number of rotatable bonds is 13. The number of aliphatic hydroxyl groups is 1. The Morgan fingerprint density at radius 3 is 2.20 bits per heavy atom. The summed E-state index contributed by atoms with van der Waals surface area (Å²) in [5.74, 6) is -8.36. The summed E-state index contributed by atoms with van der Waals surface area (Å²) in [5, 5.41) is 41.1. The van der Waals surface area contributed by atoms with Crippen molar-refractivity contribution in [2.24, 2.45) is 5.73 Å². The molecule has 2 fully saturated rings. The van der Waals surface area contributed by atoms with E-state index in [9.17, 15) is 39.0 Å². The second-order valence-corrected chi connectivity index (χ2v) is 27.4. The van der Waals surface area contributed by atoms with Crippen molar-refractivity contribution in [1.29, 1.82) is 0 Å². The number of aromatic nitrogens is 1. The lowest BCUT2D eigenvalue weighted by Gasteiger charge is -2.37. The first-order valence-corrected chi connectivity index (χ1v) is 35.7. The van der Waals surface area contributed by atoms with Gasteiger partial charge in [0.2, 0.25) is 59.1 Å². The third kappa shape index (κ3) is 20.1. The number of halogens is 1. The molecule has 1 aromatic heterocycles. The molecule has 28 heteroatoms. The highest BCUT2D eigenvalue weighted by molar-refractivity contribution is 6.00. The number of nitrogens with zero attached hydrogens (tertiary/aromatic N) is 4. The van der Waals surface area contributed by atoms with E-state index in [0.29, 0.717) is 90.5 Å². The van der Waals surface area contributed by atoms with Gasteiger partial charge in [-0.3, -0.25) is 52.7 Å². The molecule has 6 heterocycles. The molecule has 0 aliphatic carbocycles. The van der Waals surface area contributed by atoms with Gasteiger partial charge in [0.05, 0.1) is 31.8 Å². The largest absolute Gasteiger partial charge is 0.497 e. The van der Waals surface area contributed by atoms with Crippen LogP contribution in [0, 0.1) is 5.82 Å². The fourth-order valence-corrected chi connectivity index (χ4v) is 13.9. The summed E-state index contributed by atoms with van der Waals surface area (Å²) in [5.41, 5.74) is 8.98. The van der Waals surface area contributed by atoms with Crippen molar-refractivity contribution in [3.8, 4) is 5.75 Å². The summed E-state index contributed by atoms with van der Waals surface area (Å²) in [4.78, 5) is 162. The minimum atomic E-state index is -1.84. The molecular formula is C75H97FN12O15. The number of ether oxygens (including phenoxy) is 2. The quantitative estimate of drug-likeness (QED) is 0.0810. The van der Waals surface area contributed by atoms with Crippen LogP contribution in [-0.2, 0) is 103 Å². The van der Waals surface area contributed by atoms with Crippen LogP contribution in [0.15, 0.2) is 97.2 Å². The number of aryl methyl sites for hydroxylation is 1. The minimum absolute atomic E-state index is 0.0263. The number of amides is 10. The van der Waals surface area contributed by atoms with Crippen LogP contribution in [0.3, 0.4) is 0 Å². The predicted molar refractivity (Wildman–Crippen MR) is 377 cm³/mol. The summed E-state index contributed by atoms with van der Waals surface area (Å²) in [6.07, 6.45) is 1.48. The Hall–Kier alpha value is -9.80. The van der Waals surface area contributed by atoms with E-state index in [1.807, 2.05) is 28.8 Å². The summed E-state index contributed by atoms with van der Waals surface area (Å²) >= 11 is 0. The monoisotopic (exact) mass is 1420 g/mol. The van der Waals surface area contributed by atoms with Gasteiger partial charge in [0.25, 0.3) is 0 Å². The maximum atomic E-state index is 16.0. The molecule has 554 valence electrons. The van der Waals surface area contributed by atoms with E-state index in [2.05, 4.69) is 37.2 Å². The standard InChI is InChI=1S/C75H97FN12O15/c1-6-55(77)67(94)80-56(7-2)68(95)81-57-38-49-14-12-15-50(36-49)41-79-62(90)44-103-61-29-35-87-66(61)71(98)84-65(45(3)89)70(97)83-58(37-47-20-23-53(102-5)24-21-47)73(100)88-34-13-30-75(88,4)74(101)78-31-28-46-16-18-48(19-17-46)42-86(63(91)26-27-64(92)93)33-11-9-8-10-32-85-43-51(39-59(72(87)99)82-69(57)96)54-40-52(76)22-25-60(54)85/h12,14-25,36,40,43,45,55-59,61,65-66,89H,6-11,13,26-35,37-39,41-42,44,77H2,1-5H3,(H,78,101)(H,79,90)(H,80,94)(H,81,95)(H,82,96)(H,83,97)(H,84,98)(H,92,93)/t45-,55+,56-,57+,58+,59+,61+,65+,66+,75+/m1/s1. The van der Waals surface area contributed by atoms with Crippen LogP contribution in [0.4, 0.5) is 4.39 Å². The predicted octanol–water partition coefficient (Wildman–Crippen LogP) is 2.89. The van der Waals surface area contributed by atoms with Crippen LogP contribution in [0.1, 0.15) is 132 Å². The van der Waals surface area contributed by atoms with Gasteiger partial charge in [0.15, 0.2) is 0 Å². The molecule has 10 amide bonds. The summed E-state index contributed by atoms with van der Waals surface area (Å²) < 4.78 is 29.2. The zero-order valence-electron chi connectivity index (χ0n) is 59.1. The van der Waals surface area contributed by atoms with Crippen molar-refractivity contribution < 1.29 is 76.8 Å². The molecule has 2 saturated heterocycles. The van der Waals surface area contributed by atoms with Crippen molar-refractivity contribution in [2.45, 2.75) is 204 Å². The van der Waals surface area contributed by atoms with Crippen molar-refractivity contribution >= 4 is 75.9 Å². The maximum Gasteiger partial charge on any atom is 0.303 e. The molecular weight excluding hydrogens is 1330 g/mol. The summed E-state index contributed by atoms with van der Waals surface area (Å²) in [7, 11) is 1.49. The molecule has 0 saturated carbocycles. The zero-order chi connectivity index (χ0) is 74.1. The van der Waals surface area contributed by atoms with Crippen LogP contribution >= 0.6 is 0 Å². The first-order valence-electron chi connectivity index (χ1n) is 35.7. The Balaban J connectivity index is 1.11. The average Bonchev–Trinajstić information content (AvgIpc) is 1.67. The maximum absolute atomic E-state index is 16.0. The lowest BCUT2D eigenvalue weighted by atomic mass is 9.95. The van der Waals surface area contributed by atoms with E-state index in [4.69, 9.17) is 15.2 Å². The SMILES string of the molecule is CC[C@H](N)C(=O)N[C@H](CC)C(=O)N[C@H]1Cc2cccc(c2)CNC(=O)CO[C@H]2CCN3C(=O)[C@H](Cc4cn(c5ccc(F)cc45)CCCCCCN(C(=O)CCC(=O)O)Cc4ccc(cc4)CCNC(=O)[C@]4(C)CCCN4C(=O)[C@H](Cc4ccc(OC)cc4)NC(=O)[C@H]([C@@H](C)O)NC(=O)[C@H]23)NC1=O. The van der Waals surface area contributed by atoms with Gasteiger partial charge in [0, 0.05) is 88.6 Å². The van der Waals surface area contributed by atoms with E-state index in [1.165, 1.54) is 31.1 Å². The van der Waals surface area contributed by atoms with Crippen LogP contribution < -0.4 is 47.7 Å². The van der Waals surface area contributed by atoms with E-state index < -0.39 is 132 Å². The smallest absolute Gasteiger partial charge is 0.303 e. The Morgan fingerprint density at radius 1 is 0.767 bits per heavy atom. The number of carbonyl (C=O) groups excluding carboxylic acids is 10. The van der Waals surface area contributed by atoms with E-state index >= 15 is 28.4 Å². The molecule has 4 aromatic carbocycles. The molecule has 0 radical (unpaired) electrons. The fraction of sp³-hybridized carbons (Fsp3) is 0.507. The highest BCUT2D eigenvalue weighted by atomic mass is 19.1. The van der Waals surface area contributed by atoms with Crippen molar-refractivity contribution in [3.63, 3.8) is 0 Å². The lowest BCUT2D eigenvalue weighted by Crippen LogP contribution is -2.64. The second kappa shape index (κ2) is 35.9. The normalized spacial score (nSPS) is 23.6. The van der Waals surface area contributed by atoms with Gasteiger partial charge in [-0.1, -0.05) is 87.4 Å². The molecule has 103 heavy (non-hydrogen) atoms. The van der Waals surface area contributed by atoms with Crippen molar-refractivity contribution in [3.05, 3.63) is 136 Å². The summed E-state index contributed by atoms with van der Waals surface area (Å²) in [6, 6.07) is 15.2. The van der Waals surface area contributed by atoms with Crippen LogP contribution in [0.5, 0.6) is 5.75 Å². The highest BCUT2D eigenvalue weighted by Gasteiger charge is 2.50. The van der Waals surface area contributed by atoms with E-state index in [1.54, 1.807) is 86.5 Å². The zero-order valence-corrected chi connectivity index (χ0v) is 59.1. The van der Waals surface area contributed by atoms with Crippen LogP contribution in [0.2, 0.25) is 0 Å². The number of benzene rings is 4. The number of methoxy groups -OCH3 is 1. The Labute approximate surface area is 598 Å².